The van der Waals surface area contributed by atoms with Gasteiger partial charge < -0.3 is 14.8 Å². The Kier molecular flexibility index (Phi) is 6.73. The predicted molar refractivity (Wildman–Crippen MR) is 100 cm³/mol. The second kappa shape index (κ2) is 8.78. The molecule has 25 heavy (non-hydrogen) atoms. The van der Waals surface area contributed by atoms with E-state index in [1.807, 2.05) is 17.5 Å². The molecule has 1 aromatic heterocycles. The van der Waals surface area contributed by atoms with E-state index in [0.29, 0.717) is 16.5 Å². The van der Waals surface area contributed by atoms with Gasteiger partial charge in [-0.1, -0.05) is 38.1 Å². The summed E-state index contributed by atoms with van der Waals surface area (Å²) >= 11 is 1.30. The van der Waals surface area contributed by atoms with E-state index in [-0.39, 0.29) is 19.1 Å². The van der Waals surface area contributed by atoms with Crippen LogP contribution in [0.5, 0.6) is 0 Å². The molecule has 0 radical (unpaired) electrons. The second-order valence-electron chi connectivity index (χ2n) is 5.83. The largest absolute Gasteiger partial charge is 0.462 e. The van der Waals surface area contributed by atoms with Crippen molar-refractivity contribution in [3.8, 4) is 11.1 Å². The molecule has 0 fully saturated rings. The molecule has 1 heterocycles. The van der Waals surface area contributed by atoms with Crippen LogP contribution in [0.25, 0.3) is 11.1 Å². The molecule has 0 saturated heterocycles. The first-order valence-electron chi connectivity index (χ1n) is 8.15. The zero-order valence-electron chi connectivity index (χ0n) is 14.9. The molecule has 0 atom stereocenters. The van der Waals surface area contributed by atoms with Crippen molar-refractivity contribution in [2.45, 2.75) is 26.7 Å². The number of anilines is 1. The van der Waals surface area contributed by atoms with Crippen molar-refractivity contribution in [1.82, 2.24) is 0 Å². The fourth-order valence-corrected chi connectivity index (χ4v) is 3.38. The smallest absolute Gasteiger partial charge is 0.341 e. The van der Waals surface area contributed by atoms with Crippen LogP contribution in [0.1, 0.15) is 42.6 Å². The summed E-state index contributed by atoms with van der Waals surface area (Å²) in [5.41, 5.74) is 3.28. The molecule has 1 N–H and O–H groups in total. The van der Waals surface area contributed by atoms with Crippen LogP contribution in [0, 0.1) is 0 Å². The molecule has 0 aliphatic rings. The summed E-state index contributed by atoms with van der Waals surface area (Å²) < 4.78 is 10.0. The Balaban J connectivity index is 2.41. The van der Waals surface area contributed by atoms with Crippen LogP contribution < -0.4 is 5.32 Å². The lowest BCUT2D eigenvalue weighted by molar-refractivity contribution is -0.119. The van der Waals surface area contributed by atoms with Gasteiger partial charge in [-0.15, -0.1) is 11.3 Å². The van der Waals surface area contributed by atoms with Crippen molar-refractivity contribution in [2.75, 3.05) is 25.6 Å². The number of carbonyl (C=O) groups excluding carboxylic acids is 2. The number of rotatable bonds is 7. The van der Waals surface area contributed by atoms with Crippen molar-refractivity contribution in [3.63, 3.8) is 0 Å². The van der Waals surface area contributed by atoms with Gasteiger partial charge in [0, 0.05) is 18.1 Å². The Bertz CT molecular complexity index is 734. The van der Waals surface area contributed by atoms with Crippen molar-refractivity contribution >= 4 is 28.2 Å². The quantitative estimate of drug-likeness (QED) is 0.747. The van der Waals surface area contributed by atoms with Crippen LogP contribution in [-0.4, -0.2) is 32.2 Å². The van der Waals surface area contributed by atoms with Crippen molar-refractivity contribution < 1.29 is 19.1 Å². The number of hydrogen-bond donors (Lipinski definition) is 1. The predicted octanol–water partition coefficient (Wildman–Crippen LogP) is 4.30. The van der Waals surface area contributed by atoms with Crippen LogP contribution in [0.15, 0.2) is 29.6 Å². The lowest BCUT2D eigenvalue weighted by atomic mass is 9.98. The van der Waals surface area contributed by atoms with E-state index >= 15 is 0 Å². The summed E-state index contributed by atoms with van der Waals surface area (Å²) in [7, 11) is 1.45. The number of hydrogen-bond acceptors (Lipinski definition) is 5. The maximum Gasteiger partial charge on any atom is 0.341 e. The molecule has 0 unspecified atom stereocenters. The fourth-order valence-electron chi connectivity index (χ4n) is 2.41. The van der Waals surface area contributed by atoms with Gasteiger partial charge in [0.15, 0.2) is 0 Å². The number of thiophene rings is 1. The minimum absolute atomic E-state index is 0.0708. The topological polar surface area (TPSA) is 64.6 Å². The average molecular weight is 361 g/mol. The summed E-state index contributed by atoms with van der Waals surface area (Å²) in [6.45, 7) is 6.22. The minimum atomic E-state index is -0.445. The Labute approximate surface area is 152 Å². The number of amides is 1. The summed E-state index contributed by atoms with van der Waals surface area (Å²) in [6.07, 6.45) is 0. The molecular weight excluding hydrogens is 338 g/mol. The number of carbonyl (C=O) groups is 2. The Morgan fingerprint density at radius 1 is 1.20 bits per heavy atom. The zero-order chi connectivity index (χ0) is 18.4. The summed E-state index contributed by atoms with van der Waals surface area (Å²) in [5.74, 6) is -0.319. The molecule has 2 aromatic rings. The van der Waals surface area contributed by atoms with E-state index in [9.17, 15) is 9.59 Å². The molecule has 0 aliphatic heterocycles. The first-order valence-corrected chi connectivity index (χ1v) is 9.03. The number of benzene rings is 1. The van der Waals surface area contributed by atoms with Crippen molar-refractivity contribution in [2.24, 2.45) is 0 Å². The van der Waals surface area contributed by atoms with Gasteiger partial charge in [-0.25, -0.2) is 4.79 Å². The molecule has 6 heteroatoms. The van der Waals surface area contributed by atoms with Crippen LogP contribution in [0.3, 0.4) is 0 Å². The SMILES string of the molecule is CCOC(=O)c1c(-c2ccc(C(C)C)cc2)csc1NC(=O)COC. The van der Waals surface area contributed by atoms with E-state index in [1.54, 1.807) is 6.92 Å². The third-order valence-electron chi connectivity index (χ3n) is 3.69. The monoisotopic (exact) mass is 361 g/mol. The van der Waals surface area contributed by atoms with Gasteiger partial charge in [-0.05, 0) is 24.0 Å². The summed E-state index contributed by atoms with van der Waals surface area (Å²) in [4.78, 5) is 24.3. The van der Waals surface area contributed by atoms with Gasteiger partial charge in [0.25, 0.3) is 5.91 Å². The van der Waals surface area contributed by atoms with Gasteiger partial charge in [0.2, 0.25) is 0 Å². The highest BCUT2D eigenvalue weighted by Crippen LogP contribution is 2.36. The number of methoxy groups -OCH3 is 1. The number of nitrogens with one attached hydrogen (secondary N) is 1. The molecule has 0 spiro atoms. The zero-order valence-corrected chi connectivity index (χ0v) is 15.7. The maximum atomic E-state index is 12.4. The van der Waals surface area contributed by atoms with Crippen molar-refractivity contribution in [1.29, 1.82) is 0 Å². The highest BCUT2D eigenvalue weighted by atomic mass is 32.1. The van der Waals surface area contributed by atoms with E-state index in [1.165, 1.54) is 24.0 Å². The Hall–Kier alpha value is -2.18. The third-order valence-corrected chi connectivity index (χ3v) is 4.58. The van der Waals surface area contributed by atoms with Gasteiger partial charge >= 0.3 is 5.97 Å². The molecule has 0 saturated carbocycles. The van der Waals surface area contributed by atoms with Crippen molar-refractivity contribution in [3.05, 3.63) is 40.8 Å². The van der Waals surface area contributed by atoms with Crippen LogP contribution in [-0.2, 0) is 14.3 Å². The highest BCUT2D eigenvalue weighted by molar-refractivity contribution is 7.15. The lowest BCUT2D eigenvalue weighted by Gasteiger charge is -2.10. The van der Waals surface area contributed by atoms with Gasteiger partial charge in [0.05, 0.1) is 6.61 Å². The molecule has 0 aliphatic carbocycles. The van der Waals surface area contributed by atoms with Gasteiger partial charge in [-0.2, -0.15) is 0 Å². The molecule has 5 nitrogen and oxygen atoms in total. The molecule has 1 aromatic carbocycles. The van der Waals surface area contributed by atoms with Gasteiger partial charge in [-0.3, -0.25) is 4.79 Å². The second-order valence-corrected chi connectivity index (χ2v) is 6.71. The summed E-state index contributed by atoms with van der Waals surface area (Å²) in [6, 6.07) is 8.08. The third kappa shape index (κ3) is 4.67. The molecule has 134 valence electrons. The molecule has 0 bridgehead atoms. The van der Waals surface area contributed by atoms with Crippen LogP contribution >= 0.6 is 11.3 Å². The Morgan fingerprint density at radius 3 is 2.44 bits per heavy atom. The molecular formula is C19H23NO4S. The Morgan fingerprint density at radius 2 is 1.88 bits per heavy atom. The normalized spacial score (nSPS) is 10.8. The molecule has 2 rings (SSSR count). The lowest BCUT2D eigenvalue weighted by Crippen LogP contribution is -2.18. The van der Waals surface area contributed by atoms with Crippen LogP contribution in [0.2, 0.25) is 0 Å². The average Bonchev–Trinajstić information content (AvgIpc) is 2.99. The standard InChI is InChI=1S/C19H23NO4S/c1-5-24-19(22)17-15(11-25-18(17)20-16(21)10-23-4)14-8-6-13(7-9-14)12(2)3/h6-9,11-12H,5,10H2,1-4H3,(H,20,21). The van der Waals surface area contributed by atoms with E-state index < -0.39 is 5.97 Å². The first kappa shape index (κ1) is 19.1. The number of ether oxygens (including phenoxy) is 2. The number of esters is 1. The first-order chi connectivity index (χ1) is 12.0. The summed E-state index contributed by atoms with van der Waals surface area (Å²) in [5, 5.41) is 5.06. The van der Waals surface area contributed by atoms with Gasteiger partial charge in [0.1, 0.15) is 17.2 Å². The fraction of sp³-hybridized carbons (Fsp3) is 0.368. The minimum Gasteiger partial charge on any atom is -0.462 e. The van der Waals surface area contributed by atoms with E-state index in [4.69, 9.17) is 9.47 Å². The molecule has 1 amide bonds. The van der Waals surface area contributed by atoms with E-state index in [2.05, 4.69) is 31.3 Å². The van der Waals surface area contributed by atoms with Crippen LogP contribution in [0.4, 0.5) is 5.00 Å². The maximum absolute atomic E-state index is 12.4. The highest BCUT2D eigenvalue weighted by Gasteiger charge is 2.22. The van der Waals surface area contributed by atoms with E-state index in [0.717, 1.165) is 11.1 Å².